The summed E-state index contributed by atoms with van der Waals surface area (Å²) in [5.41, 5.74) is 0.571. The molecule has 0 heterocycles. The van der Waals surface area contributed by atoms with E-state index in [9.17, 15) is 13.2 Å². The van der Waals surface area contributed by atoms with Gasteiger partial charge in [-0.25, -0.2) is 4.39 Å². The molecule has 0 aliphatic heterocycles. The fourth-order valence-electron chi connectivity index (χ4n) is 3.99. The fraction of sp³-hybridized carbons (Fsp3) is 0.400. The standard InChI is InChI=1S/C25H26F3NO/c1-2-3-4-5-18-6-8-19(9-7-18)20-10-13-22(14-11-20)25(27,28)30-23-15-12-21(17-29)24(26)16-23/h3-4,10-16,18-19H,2,5-9H2,1H3/b4-3+. The van der Waals surface area contributed by atoms with Crippen molar-refractivity contribution in [2.45, 2.75) is 57.5 Å². The Morgan fingerprint density at radius 1 is 1.07 bits per heavy atom. The summed E-state index contributed by atoms with van der Waals surface area (Å²) in [5.74, 6) is -0.0977. The number of ether oxygens (including phenoxy) is 1. The number of allylic oxidation sites excluding steroid dienone is 2. The second-order valence-corrected chi connectivity index (χ2v) is 7.83. The predicted molar refractivity (Wildman–Crippen MR) is 111 cm³/mol. The van der Waals surface area contributed by atoms with Gasteiger partial charge in [0.05, 0.1) is 11.1 Å². The second kappa shape index (κ2) is 9.84. The molecule has 2 aromatic carbocycles. The van der Waals surface area contributed by atoms with E-state index in [4.69, 9.17) is 10.00 Å². The fourth-order valence-corrected chi connectivity index (χ4v) is 3.99. The van der Waals surface area contributed by atoms with Crippen LogP contribution in [0, 0.1) is 23.1 Å². The molecular formula is C25H26F3NO. The topological polar surface area (TPSA) is 33.0 Å². The Bertz CT molecular complexity index is 907. The van der Waals surface area contributed by atoms with E-state index in [1.54, 1.807) is 18.2 Å². The highest BCUT2D eigenvalue weighted by Gasteiger charge is 2.35. The Labute approximate surface area is 176 Å². The highest BCUT2D eigenvalue weighted by atomic mass is 19.3. The van der Waals surface area contributed by atoms with Crippen molar-refractivity contribution in [3.8, 4) is 11.8 Å². The number of nitrogens with zero attached hydrogens (tertiary/aromatic N) is 1. The monoisotopic (exact) mass is 413 g/mol. The molecule has 0 spiro atoms. The highest BCUT2D eigenvalue weighted by Crippen LogP contribution is 2.38. The van der Waals surface area contributed by atoms with Crippen molar-refractivity contribution in [2.24, 2.45) is 5.92 Å². The smallest absolute Gasteiger partial charge is 0.426 e. The van der Waals surface area contributed by atoms with Gasteiger partial charge in [-0.05, 0) is 80.2 Å². The van der Waals surface area contributed by atoms with Crippen molar-refractivity contribution in [1.82, 2.24) is 0 Å². The molecule has 0 bridgehead atoms. The van der Waals surface area contributed by atoms with E-state index in [1.807, 2.05) is 0 Å². The van der Waals surface area contributed by atoms with Gasteiger partial charge in [-0.3, -0.25) is 0 Å². The van der Waals surface area contributed by atoms with Gasteiger partial charge in [-0.15, -0.1) is 0 Å². The second-order valence-electron chi connectivity index (χ2n) is 7.83. The molecule has 0 saturated heterocycles. The molecule has 0 aromatic heterocycles. The molecule has 1 fully saturated rings. The molecule has 0 amide bonds. The molecule has 1 aliphatic rings. The predicted octanol–water partition coefficient (Wildman–Crippen LogP) is 7.46. The van der Waals surface area contributed by atoms with Crippen LogP contribution < -0.4 is 4.74 Å². The molecule has 0 unspecified atom stereocenters. The zero-order valence-corrected chi connectivity index (χ0v) is 17.1. The van der Waals surface area contributed by atoms with Crippen LogP contribution in [-0.2, 0) is 6.11 Å². The lowest BCUT2D eigenvalue weighted by Gasteiger charge is -2.28. The van der Waals surface area contributed by atoms with E-state index in [0.29, 0.717) is 11.8 Å². The summed E-state index contributed by atoms with van der Waals surface area (Å²) in [5, 5.41) is 8.73. The van der Waals surface area contributed by atoms with Gasteiger partial charge in [-0.1, -0.05) is 31.2 Å². The number of nitriles is 1. The van der Waals surface area contributed by atoms with Crippen molar-refractivity contribution < 1.29 is 17.9 Å². The molecule has 2 nitrogen and oxygen atoms in total. The zero-order chi connectivity index (χ0) is 21.6. The molecule has 1 aliphatic carbocycles. The van der Waals surface area contributed by atoms with E-state index in [0.717, 1.165) is 62.3 Å². The highest BCUT2D eigenvalue weighted by molar-refractivity contribution is 5.37. The molecule has 30 heavy (non-hydrogen) atoms. The first-order valence-electron chi connectivity index (χ1n) is 10.4. The van der Waals surface area contributed by atoms with Crippen LogP contribution >= 0.6 is 0 Å². The molecule has 158 valence electrons. The van der Waals surface area contributed by atoms with Gasteiger partial charge in [0.15, 0.2) is 0 Å². The number of halogens is 3. The van der Waals surface area contributed by atoms with Crippen LogP contribution in [0.2, 0.25) is 0 Å². The van der Waals surface area contributed by atoms with E-state index in [1.165, 1.54) is 12.1 Å². The van der Waals surface area contributed by atoms with Crippen LogP contribution in [0.15, 0.2) is 54.6 Å². The van der Waals surface area contributed by atoms with Crippen molar-refractivity contribution >= 4 is 0 Å². The maximum Gasteiger partial charge on any atom is 0.426 e. The summed E-state index contributed by atoms with van der Waals surface area (Å²) >= 11 is 0. The first kappa shape index (κ1) is 22.0. The molecule has 0 N–H and O–H groups in total. The molecular weight excluding hydrogens is 387 g/mol. The summed E-state index contributed by atoms with van der Waals surface area (Å²) in [7, 11) is 0. The van der Waals surface area contributed by atoms with Gasteiger partial charge in [0.25, 0.3) is 0 Å². The molecule has 5 heteroatoms. The molecule has 0 atom stereocenters. The van der Waals surface area contributed by atoms with Crippen molar-refractivity contribution in [1.29, 1.82) is 5.26 Å². The molecule has 1 saturated carbocycles. The number of rotatable bonds is 7. The maximum atomic E-state index is 14.5. The van der Waals surface area contributed by atoms with Gasteiger partial charge in [0.1, 0.15) is 17.6 Å². The van der Waals surface area contributed by atoms with Crippen LogP contribution in [-0.4, -0.2) is 0 Å². The first-order chi connectivity index (χ1) is 14.4. The number of hydrogen-bond donors (Lipinski definition) is 0. The lowest BCUT2D eigenvalue weighted by molar-refractivity contribution is -0.185. The molecule has 2 aromatic rings. The summed E-state index contributed by atoms with van der Waals surface area (Å²) in [6.07, 6.45) is 7.52. The van der Waals surface area contributed by atoms with Crippen molar-refractivity contribution in [2.75, 3.05) is 0 Å². The van der Waals surface area contributed by atoms with Gasteiger partial charge in [0, 0.05) is 6.07 Å². The Kier molecular flexibility index (Phi) is 7.20. The van der Waals surface area contributed by atoms with Gasteiger partial charge in [-0.2, -0.15) is 14.0 Å². The minimum Gasteiger partial charge on any atom is -0.429 e. The molecule has 0 radical (unpaired) electrons. The average molecular weight is 413 g/mol. The summed E-state index contributed by atoms with van der Waals surface area (Å²) in [4.78, 5) is 0. The average Bonchev–Trinajstić information content (AvgIpc) is 2.74. The first-order valence-corrected chi connectivity index (χ1v) is 10.4. The SMILES string of the molecule is CC/C=C/CC1CCC(c2ccc(C(F)(F)Oc3ccc(C#N)c(F)c3)cc2)CC1. The van der Waals surface area contributed by atoms with Crippen LogP contribution in [0.3, 0.4) is 0 Å². The lowest BCUT2D eigenvalue weighted by atomic mass is 9.77. The quantitative estimate of drug-likeness (QED) is 0.442. The zero-order valence-electron chi connectivity index (χ0n) is 17.1. The summed E-state index contributed by atoms with van der Waals surface area (Å²) in [6.45, 7) is 2.13. The summed E-state index contributed by atoms with van der Waals surface area (Å²) < 4.78 is 47.4. The number of benzene rings is 2. The minimum atomic E-state index is -3.59. The Hall–Kier alpha value is -2.74. The maximum absolute atomic E-state index is 14.5. The Balaban J connectivity index is 1.61. The van der Waals surface area contributed by atoms with Gasteiger partial charge in [0.2, 0.25) is 0 Å². The van der Waals surface area contributed by atoms with E-state index in [2.05, 4.69) is 19.1 Å². The van der Waals surface area contributed by atoms with Gasteiger partial charge < -0.3 is 4.74 Å². The Morgan fingerprint density at radius 2 is 1.77 bits per heavy atom. The molecule has 3 rings (SSSR count). The normalized spacial score (nSPS) is 19.6. The van der Waals surface area contributed by atoms with Crippen molar-refractivity contribution in [3.05, 3.63) is 77.1 Å². The van der Waals surface area contributed by atoms with Gasteiger partial charge >= 0.3 is 6.11 Å². The van der Waals surface area contributed by atoms with Crippen LogP contribution in [0.25, 0.3) is 0 Å². The third-order valence-electron chi connectivity index (χ3n) is 5.74. The van der Waals surface area contributed by atoms with E-state index in [-0.39, 0.29) is 16.9 Å². The number of alkyl halides is 2. The largest absolute Gasteiger partial charge is 0.429 e. The third kappa shape index (κ3) is 5.44. The third-order valence-corrected chi connectivity index (χ3v) is 5.74. The van der Waals surface area contributed by atoms with Crippen molar-refractivity contribution in [3.63, 3.8) is 0 Å². The minimum absolute atomic E-state index is 0.217. The summed E-state index contributed by atoms with van der Waals surface area (Å²) in [6, 6.07) is 11.0. The van der Waals surface area contributed by atoms with E-state index < -0.39 is 11.9 Å². The van der Waals surface area contributed by atoms with Crippen LogP contribution in [0.1, 0.15) is 68.1 Å². The van der Waals surface area contributed by atoms with Crippen LogP contribution in [0.5, 0.6) is 5.75 Å². The Morgan fingerprint density at radius 3 is 2.37 bits per heavy atom. The lowest BCUT2D eigenvalue weighted by Crippen LogP contribution is -2.22. The van der Waals surface area contributed by atoms with Crippen LogP contribution in [0.4, 0.5) is 13.2 Å². The number of hydrogen-bond acceptors (Lipinski definition) is 2. The van der Waals surface area contributed by atoms with E-state index >= 15 is 0 Å².